The number of nitrogens with one attached hydrogen (secondary N) is 1. The van der Waals surface area contributed by atoms with Crippen molar-refractivity contribution in [3.8, 4) is 17.3 Å². The van der Waals surface area contributed by atoms with Gasteiger partial charge in [0.05, 0.1) is 11.6 Å². The number of rotatable bonds is 3. The standard InChI is InChI=1S/C19H16N4O2/c24-19(23-15-9-13-5-1-2-7-17(13)25-12-15)14-10-21-18(22-11-14)16-6-3-4-8-20-16/h1-8,10-11,15H,9,12H2,(H,23,24). The van der Waals surface area contributed by atoms with Crippen molar-refractivity contribution in [2.24, 2.45) is 0 Å². The molecule has 1 N–H and O–H groups in total. The normalized spacial score (nSPS) is 15.8. The molecule has 1 aromatic carbocycles. The van der Waals surface area contributed by atoms with E-state index in [9.17, 15) is 4.79 Å². The first-order chi connectivity index (χ1) is 12.3. The lowest BCUT2D eigenvalue weighted by molar-refractivity contribution is 0.0914. The maximum atomic E-state index is 12.4. The van der Waals surface area contributed by atoms with Gasteiger partial charge >= 0.3 is 0 Å². The van der Waals surface area contributed by atoms with Gasteiger partial charge in [-0.3, -0.25) is 9.78 Å². The van der Waals surface area contributed by atoms with Crippen molar-refractivity contribution in [1.29, 1.82) is 0 Å². The van der Waals surface area contributed by atoms with Gasteiger partial charge in [0.2, 0.25) is 0 Å². The van der Waals surface area contributed by atoms with E-state index in [1.807, 2.05) is 42.5 Å². The molecule has 1 unspecified atom stereocenters. The van der Waals surface area contributed by atoms with Crippen molar-refractivity contribution < 1.29 is 9.53 Å². The molecule has 6 nitrogen and oxygen atoms in total. The number of amides is 1. The summed E-state index contributed by atoms with van der Waals surface area (Å²) in [5.41, 5.74) is 2.19. The maximum absolute atomic E-state index is 12.4. The van der Waals surface area contributed by atoms with Crippen LogP contribution in [0.4, 0.5) is 0 Å². The van der Waals surface area contributed by atoms with Gasteiger partial charge in [-0.25, -0.2) is 9.97 Å². The van der Waals surface area contributed by atoms with Crippen LogP contribution in [-0.2, 0) is 6.42 Å². The molecule has 4 rings (SSSR count). The average molecular weight is 332 g/mol. The number of fused-ring (bicyclic) bond motifs is 1. The summed E-state index contributed by atoms with van der Waals surface area (Å²) in [6.07, 6.45) is 5.46. The fourth-order valence-corrected chi connectivity index (χ4v) is 2.76. The first kappa shape index (κ1) is 15.3. The van der Waals surface area contributed by atoms with Crippen LogP contribution < -0.4 is 10.1 Å². The van der Waals surface area contributed by atoms with Gasteiger partial charge in [-0.1, -0.05) is 24.3 Å². The molecule has 3 aromatic rings. The monoisotopic (exact) mass is 332 g/mol. The summed E-state index contributed by atoms with van der Waals surface area (Å²) in [6.45, 7) is 0.454. The van der Waals surface area contributed by atoms with Gasteiger partial charge in [0, 0.05) is 18.6 Å². The lowest BCUT2D eigenvalue weighted by atomic mass is 10.0. The predicted molar refractivity (Wildman–Crippen MR) is 92.2 cm³/mol. The van der Waals surface area contributed by atoms with E-state index < -0.39 is 0 Å². The number of para-hydroxylation sites is 1. The number of ether oxygens (including phenoxy) is 1. The molecular weight excluding hydrogens is 316 g/mol. The smallest absolute Gasteiger partial charge is 0.254 e. The minimum Gasteiger partial charge on any atom is -0.491 e. The fraction of sp³-hybridized carbons (Fsp3) is 0.158. The van der Waals surface area contributed by atoms with Crippen molar-refractivity contribution >= 4 is 5.91 Å². The number of pyridine rings is 1. The molecule has 0 saturated carbocycles. The molecular formula is C19H16N4O2. The highest BCUT2D eigenvalue weighted by molar-refractivity contribution is 5.93. The zero-order chi connectivity index (χ0) is 17.1. The number of hydrogen-bond acceptors (Lipinski definition) is 5. The predicted octanol–water partition coefficient (Wildman–Crippen LogP) is 2.27. The molecule has 124 valence electrons. The Morgan fingerprint density at radius 2 is 1.84 bits per heavy atom. The number of carbonyl (C=O) groups excluding carboxylic acids is 1. The summed E-state index contributed by atoms with van der Waals surface area (Å²) in [4.78, 5) is 25.1. The molecule has 25 heavy (non-hydrogen) atoms. The van der Waals surface area contributed by atoms with Crippen LogP contribution in [0.15, 0.2) is 61.1 Å². The van der Waals surface area contributed by atoms with E-state index in [-0.39, 0.29) is 11.9 Å². The number of hydrogen-bond donors (Lipinski definition) is 1. The molecule has 0 fully saturated rings. The van der Waals surface area contributed by atoms with Gasteiger partial charge in [-0.2, -0.15) is 0 Å². The quantitative estimate of drug-likeness (QED) is 0.796. The van der Waals surface area contributed by atoms with Gasteiger partial charge in [0.25, 0.3) is 5.91 Å². The summed E-state index contributed by atoms with van der Waals surface area (Å²) >= 11 is 0. The molecule has 0 aliphatic carbocycles. The van der Waals surface area contributed by atoms with E-state index in [1.54, 1.807) is 6.20 Å². The second-order valence-corrected chi connectivity index (χ2v) is 5.80. The van der Waals surface area contributed by atoms with Gasteiger partial charge in [-0.05, 0) is 30.2 Å². The number of aromatic nitrogens is 3. The van der Waals surface area contributed by atoms with Crippen LogP contribution in [0.2, 0.25) is 0 Å². The van der Waals surface area contributed by atoms with Crippen LogP contribution >= 0.6 is 0 Å². The number of carbonyl (C=O) groups is 1. The minimum atomic E-state index is -0.208. The zero-order valence-electron chi connectivity index (χ0n) is 13.4. The highest BCUT2D eigenvalue weighted by atomic mass is 16.5. The SMILES string of the molecule is O=C(NC1COc2ccccc2C1)c1cnc(-c2ccccn2)nc1. The Bertz CT molecular complexity index is 881. The summed E-state index contributed by atoms with van der Waals surface area (Å²) in [5, 5.41) is 2.98. The molecule has 0 radical (unpaired) electrons. The second-order valence-electron chi connectivity index (χ2n) is 5.80. The number of nitrogens with zero attached hydrogens (tertiary/aromatic N) is 3. The third-order valence-corrected chi connectivity index (χ3v) is 4.02. The van der Waals surface area contributed by atoms with Gasteiger partial charge in [0.1, 0.15) is 18.1 Å². The second kappa shape index (κ2) is 6.68. The van der Waals surface area contributed by atoms with Crippen LogP contribution in [0.25, 0.3) is 11.5 Å². The molecule has 6 heteroatoms. The maximum Gasteiger partial charge on any atom is 0.254 e. The summed E-state index contributed by atoms with van der Waals surface area (Å²) in [7, 11) is 0. The third-order valence-electron chi connectivity index (χ3n) is 4.02. The van der Waals surface area contributed by atoms with Crippen molar-refractivity contribution in [3.63, 3.8) is 0 Å². The molecule has 0 saturated heterocycles. The largest absolute Gasteiger partial charge is 0.491 e. The van der Waals surface area contributed by atoms with Crippen LogP contribution in [0.3, 0.4) is 0 Å². The third kappa shape index (κ3) is 3.33. The topological polar surface area (TPSA) is 77.0 Å². The Morgan fingerprint density at radius 3 is 2.64 bits per heavy atom. The van der Waals surface area contributed by atoms with Gasteiger partial charge in [-0.15, -0.1) is 0 Å². The Balaban J connectivity index is 1.43. The average Bonchev–Trinajstić information content (AvgIpc) is 2.69. The van der Waals surface area contributed by atoms with Crippen LogP contribution in [-0.4, -0.2) is 33.5 Å². The highest BCUT2D eigenvalue weighted by Crippen LogP contribution is 2.24. The first-order valence-corrected chi connectivity index (χ1v) is 8.04. The molecule has 1 aliphatic rings. The van der Waals surface area contributed by atoms with E-state index >= 15 is 0 Å². The molecule has 1 amide bonds. The van der Waals surface area contributed by atoms with E-state index in [0.29, 0.717) is 23.7 Å². The Labute approximate surface area is 144 Å². The van der Waals surface area contributed by atoms with Crippen molar-refractivity contribution in [2.45, 2.75) is 12.5 Å². The summed E-state index contributed by atoms with van der Waals surface area (Å²) < 4.78 is 5.70. The molecule has 1 atom stereocenters. The Hall–Kier alpha value is -3.28. The summed E-state index contributed by atoms with van der Waals surface area (Å²) in [5.74, 6) is 1.17. The number of benzene rings is 1. The Kier molecular flexibility index (Phi) is 4.08. The van der Waals surface area contributed by atoms with Crippen LogP contribution in [0, 0.1) is 0 Å². The van der Waals surface area contributed by atoms with Crippen molar-refractivity contribution in [2.75, 3.05) is 6.61 Å². The van der Waals surface area contributed by atoms with E-state index in [1.165, 1.54) is 12.4 Å². The molecule has 1 aliphatic heterocycles. The van der Waals surface area contributed by atoms with Crippen LogP contribution in [0.5, 0.6) is 5.75 Å². The van der Waals surface area contributed by atoms with Gasteiger partial charge < -0.3 is 10.1 Å². The van der Waals surface area contributed by atoms with Gasteiger partial charge in [0.15, 0.2) is 5.82 Å². The molecule has 2 aromatic heterocycles. The lowest BCUT2D eigenvalue weighted by Crippen LogP contribution is -2.42. The Morgan fingerprint density at radius 1 is 1.04 bits per heavy atom. The van der Waals surface area contributed by atoms with Crippen LogP contribution in [0.1, 0.15) is 15.9 Å². The van der Waals surface area contributed by atoms with Crippen molar-refractivity contribution in [3.05, 3.63) is 72.2 Å². The minimum absolute atomic E-state index is 0.0714. The van der Waals surface area contributed by atoms with E-state index in [0.717, 1.165) is 17.7 Å². The van der Waals surface area contributed by atoms with Crippen molar-refractivity contribution in [1.82, 2.24) is 20.3 Å². The molecule has 3 heterocycles. The van der Waals surface area contributed by atoms with E-state index in [2.05, 4.69) is 20.3 Å². The molecule has 0 spiro atoms. The van der Waals surface area contributed by atoms with E-state index in [4.69, 9.17) is 4.74 Å². The zero-order valence-corrected chi connectivity index (χ0v) is 13.4. The first-order valence-electron chi connectivity index (χ1n) is 8.04. The summed E-state index contributed by atoms with van der Waals surface area (Å²) in [6, 6.07) is 13.3. The fourth-order valence-electron chi connectivity index (χ4n) is 2.76. The lowest BCUT2D eigenvalue weighted by Gasteiger charge is -2.25. The highest BCUT2D eigenvalue weighted by Gasteiger charge is 2.21. The molecule has 0 bridgehead atoms.